The summed E-state index contributed by atoms with van der Waals surface area (Å²) in [7, 11) is 0. The highest BCUT2D eigenvalue weighted by atomic mass is 19.4. The maximum Gasteiger partial charge on any atom is 0.491 e. The second-order valence-electron chi connectivity index (χ2n) is 11.9. The van der Waals surface area contributed by atoms with Crippen LogP contribution in [0.15, 0.2) is 54.6 Å². The summed E-state index contributed by atoms with van der Waals surface area (Å²) in [4.78, 5) is 12.2. The first-order valence-corrected chi connectivity index (χ1v) is 13.7. The van der Waals surface area contributed by atoms with Crippen LogP contribution in [0.1, 0.15) is 74.3 Å². The highest BCUT2D eigenvalue weighted by Crippen LogP contribution is 2.61. The van der Waals surface area contributed by atoms with Crippen LogP contribution in [-0.2, 0) is 21.4 Å². The molecular formula is C30H30F3N3O2. The maximum atomic E-state index is 13.5. The Bertz CT molecular complexity index is 1310. The van der Waals surface area contributed by atoms with Crippen LogP contribution < -0.4 is 0 Å². The fraction of sp³-hybridized carbons (Fsp3) is 0.500. The number of ether oxygens (including phenoxy) is 1. The van der Waals surface area contributed by atoms with Gasteiger partial charge in [0.05, 0.1) is 0 Å². The third-order valence-corrected chi connectivity index (χ3v) is 9.46. The van der Waals surface area contributed by atoms with Gasteiger partial charge in [0.2, 0.25) is 0 Å². The predicted molar refractivity (Wildman–Crippen MR) is 134 cm³/mol. The lowest BCUT2D eigenvalue weighted by atomic mass is 9.49. The number of hydrogen-bond acceptors (Lipinski definition) is 4. The molecule has 4 aliphatic carbocycles. The van der Waals surface area contributed by atoms with E-state index in [1.54, 1.807) is 4.57 Å². The molecule has 2 atom stereocenters. The summed E-state index contributed by atoms with van der Waals surface area (Å²) >= 11 is 0. The molecule has 2 unspecified atom stereocenters. The Kier molecular flexibility index (Phi) is 5.46. The largest absolute Gasteiger partial charge is 0.491 e. The maximum absolute atomic E-state index is 13.5. The van der Waals surface area contributed by atoms with E-state index in [2.05, 4.69) is 10.2 Å². The first kappa shape index (κ1) is 23.9. The van der Waals surface area contributed by atoms with Gasteiger partial charge in [0.25, 0.3) is 0 Å². The molecule has 4 bridgehead atoms. The molecule has 1 aliphatic heterocycles. The fourth-order valence-electron chi connectivity index (χ4n) is 8.31. The molecule has 0 radical (unpaired) electrons. The zero-order valence-corrected chi connectivity index (χ0v) is 21.0. The second kappa shape index (κ2) is 8.68. The number of esters is 1. The molecule has 5 nitrogen and oxygen atoms in total. The van der Waals surface area contributed by atoms with E-state index in [1.807, 2.05) is 54.6 Å². The summed E-state index contributed by atoms with van der Waals surface area (Å²) in [6, 6.07) is 17.8. The number of nitrogens with zero attached hydrogens (tertiary/aromatic N) is 3. The molecule has 1 aromatic heterocycles. The molecule has 0 spiro atoms. The Balaban J connectivity index is 1.28. The first-order valence-electron chi connectivity index (χ1n) is 13.7. The van der Waals surface area contributed by atoms with Gasteiger partial charge in [0, 0.05) is 17.8 Å². The molecular weight excluding hydrogens is 491 g/mol. The van der Waals surface area contributed by atoms with Crippen molar-refractivity contribution < 1.29 is 22.7 Å². The van der Waals surface area contributed by atoms with E-state index < -0.39 is 24.3 Å². The van der Waals surface area contributed by atoms with E-state index in [-0.39, 0.29) is 5.41 Å². The summed E-state index contributed by atoms with van der Waals surface area (Å²) in [5.41, 5.74) is 2.74. The van der Waals surface area contributed by atoms with Crippen molar-refractivity contribution in [2.24, 2.45) is 17.8 Å². The van der Waals surface area contributed by atoms with Crippen LogP contribution in [0.4, 0.5) is 13.2 Å². The number of carbonyl (C=O) groups excluding carboxylic acids is 1. The van der Waals surface area contributed by atoms with Gasteiger partial charge in [-0.2, -0.15) is 13.2 Å². The molecule has 0 amide bonds. The van der Waals surface area contributed by atoms with E-state index in [0.717, 1.165) is 41.8 Å². The van der Waals surface area contributed by atoms with E-state index in [0.29, 0.717) is 36.4 Å². The van der Waals surface area contributed by atoms with Crippen LogP contribution in [-0.4, -0.2) is 26.9 Å². The lowest BCUT2D eigenvalue weighted by Gasteiger charge is -2.56. The topological polar surface area (TPSA) is 57.0 Å². The molecule has 2 heterocycles. The Morgan fingerprint density at radius 2 is 1.47 bits per heavy atom. The van der Waals surface area contributed by atoms with Crippen LogP contribution in [0.25, 0.3) is 11.1 Å². The number of benzene rings is 2. The minimum Gasteiger partial charge on any atom is -0.434 e. The van der Waals surface area contributed by atoms with Crippen LogP contribution in [0, 0.1) is 17.8 Å². The van der Waals surface area contributed by atoms with Crippen molar-refractivity contribution in [3.63, 3.8) is 0 Å². The summed E-state index contributed by atoms with van der Waals surface area (Å²) in [6.45, 7) is 0. The highest BCUT2D eigenvalue weighted by Gasteiger charge is 2.55. The van der Waals surface area contributed by atoms with Gasteiger partial charge in [0.1, 0.15) is 11.6 Å². The average molecular weight is 522 g/mol. The second-order valence-corrected chi connectivity index (χ2v) is 11.9. The average Bonchev–Trinajstić information content (AvgIpc) is 3.34. The highest BCUT2D eigenvalue weighted by molar-refractivity contribution is 5.75. The van der Waals surface area contributed by atoms with Crippen molar-refractivity contribution in [1.82, 2.24) is 14.8 Å². The molecule has 8 heteroatoms. The quantitative estimate of drug-likeness (QED) is 0.357. The molecule has 5 aliphatic rings. The first-order chi connectivity index (χ1) is 18.3. The van der Waals surface area contributed by atoms with E-state index >= 15 is 0 Å². The molecule has 198 valence electrons. The van der Waals surface area contributed by atoms with E-state index in [1.165, 1.54) is 19.3 Å². The zero-order valence-electron chi connectivity index (χ0n) is 21.0. The standard InChI is InChI=1S/C30H30F3N3O2/c31-30(32,33)28(37)38-26-24(23-8-6-22(7-9-23)21-4-2-1-3-5-21)10-11-25-34-35-27(36(25)26)29-15-18-12-19(16-29)14-20(13-18)17-29/h1-9,18-20,24,26H,10-17H2. The van der Waals surface area contributed by atoms with Gasteiger partial charge in [0.15, 0.2) is 6.23 Å². The Morgan fingerprint density at radius 3 is 2.08 bits per heavy atom. The van der Waals surface area contributed by atoms with Gasteiger partial charge in [-0.15, -0.1) is 10.2 Å². The monoisotopic (exact) mass is 521 g/mol. The minimum absolute atomic E-state index is 0.193. The normalized spacial score (nSPS) is 31.7. The molecule has 4 saturated carbocycles. The van der Waals surface area contributed by atoms with Crippen molar-refractivity contribution >= 4 is 5.97 Å². The van der Waals surface area contributed by atoms with Gasteiger partial charge in [-0.05, 0) is 79.4 Å². The number of rotatable bonds is 4. The van der Waals surface area contributed by atoms with E-state index in [9.17, 15) is 18.0 Å². The van der Waals surface area contributed by atoms with Crippen LogP contribution in [0.5, 0.6) is 0 Å². The van der Waals surface area contributed by atoms with Gasteiger partial charge in [-0.3, -0.25) is 4.57 Å². The smallest absolute Gasteiger partial charge is 0.434 e. The number of aryl methyl sites for hydroxylation is 1. The van der Waals surface area contributed by atoms with Crippen molar-refractivity contribution in [1.29, 1.82) is 0 Å². The molecule has 4 fully saturated rings. The fourth-order valence-corrected chi connectivity index (χ4v) is 8.31. The van der Waals surface area contributed by atoms with Crippen LogP contribution >= 0.6 is 0 Å². The minimum atomic E-state index is -5.08. The SMILES string of the molecule is O=C(OC1C(c2ccc(-c3ccccc3)cc2)CCc2nnc(C34CC5CC(CC(C5)C3)C4)n21)C(F)(F)F. The summed E-state index contributed by atoms with van der Waals surface area (Å²) in [5.74, 6) is 0.666. The number of aromatic nitrogens is 3. The van der Waals surface area contributed by atoms with Gasteiger partial charge in [-0.25, -0.2) is 4.79 Å². The Hall–Kier alpha value is -3.16. The lowest BCUT2D eigenvalue weighted by Crippen LogP contribution is -2.50. The third kappa shape index (κ3) is 3.95. The molecule has 8 rings (SSSR count). The number of hydrogen-bond donors (Lipinski definition) is 0. The molecule has 38 heavy (non-hydrogen) atoms. The summed E-state index contributed by atoms with van der Waals surface area (Å²) < 4.78 is 47.6. The van der Waals surface area contributed by atoms with Crippen molar-refractivity contribution in [2.75, 3.05) is 0 Å². The Morgan fingerprint density at radius 1 is 0.868 bits per heavy atom. The van der Waals surface area contributed by atoms with E-state index in [4.69, 9.17) is 4.74 Å². The van der Waals surface area contributed by atoms with Crippen molar-refractivity contribution in [2.45, 2.75) is 75.1 Å². The molecule has 0 saturated heterocycles. The van der Waals surface area contributed by atoms with Crippen LogP contribution in [0.2, 0.25) is 0 Å². The van der Waals surface area contributed by atoms with Gasteiger partial charge < -0.3 is 4.74 Å². The number of alkyl halides is 3. The molecule has 0 N–H and O–H groups in total. The number of carbonyl (C=O) groups is 1. The van der Waals surface area contributed by atoms with Crippen molar-refractivity contribution in [3.05, 3.63) is 71.8 Å². The lowest BCUT2D eigenvalue weighted by molar-refractivity contribution is -0.211. The van der Waals surface area contributed by atoms with Gasteiger partial charge >= 0.3 is 12.1 Å². The van der Waals surface area contributed by atoms with Crippen molar-refractivity contribution in [3.8, 4) is 11.1 Å². The Labute approximate surface area is 219 Å². The summed E-state index contributed by atoms with van der Waals surface area (Å²) in [5, 5.41) is 9.09. The molecule has 2 aromatic carbocycles. The van der Waals surface area contributed by atoms with Gasteiger partial charge in [-0.1, -0.05) is 54.6 Å². The number of halogens is 3. The summed E-state index contributed by atoms with van der Waals surface area (Å²) in [6.07, 6.45) is 1.59. The molecule has 3 aromatic rings. The zero-order chi connectivity index (χ0) is 26.1. The number of fused-ring (bicyclic) bond motifs is 1. The van der Waals surface area contributed by atoms with Crippen LogP contribution in [0.3, 0.4) is 0 Å². The predicted octanol–water partition coefficient (Wildman–Crippen LogP) is 6.75. The third-order valence-electron chi connectivity index (χ3n) is 9.46.